The third-order valence-electron chi connectivity index (χ3n) is 2.10. The molecule has 2 aromatic heterocycles. The number of pyridine rings is 1. The van der Waals surface area contributed by atoms with Gasteiger partial charge in [0.25, 0.3) is 0 Å². The van der Waals surface area contributed by atoms with Crippen molar-refractivity contribution in [2.75, 3.05) is 0 Å². The summed E-state index contributed by atoms with van der Waals surface area (Å²) in [6.45, 7) is 1.75. The predicted octanol–water partition coefficient (Wildman–Crippen LogP) is 0.0145. The van der Waals surface area contributed by atoms with Crippen LogP contribution in [0.3, 0.4) is 0 Å². The topological polar surface area (TPSA) is 57.4 Å². The predicted molar refractivity (Wildman–Crippen MR) is 47.0 cm³/mol. The summed E-state index contributed by atoms with van der Waals surface area (Å²) < 4.78 is 6.31. The summed E-state index contributed by atoms with van der Waals surface area (Å²) in [5.41, 5.74) is -0.0721. The summed E-state index contributed by atoms with van der Waals surface area (Å²) in [5, 5.41) is 11.7. The highest BCUT2D eigenvalue weighted by Gasteiger charge is 2.12. The zero-order chi connectivity index (χ0) is 10.1. The lowest BCUT2D eigenvalue weighted by Gasteiger charge is -2.04. The van der Waals surface area contributed by atoms with E-state index in [0.717, 1.165) is 0 Å². The minimum atomic E-state index is -0.538. The minimum absolute atomic E-state index is 0.189. The van der Waals surface area contributed by atoms with Gasteiger partial charge in [-0.2, -0.15) is 0 Å². The van der Waals surface area contributed by atoms with E-state index < -0.39 is 5.63 Å². The van der Waals surface area contributed by atoms with Crippen LogP contribution in [0.4, 0.5) is 0 Å². The summed E-state index contributed by atoms with van der Waals surface area (Å²) in [7, 11) is 0. The molecule has 0 aliphatic carbocycles. The molecule has 0 saturated heterocycles. The molecule has 0 aromatic carbocycles. The molecule has 4 nitrogen and oxygen atoms in total. The number of hydrogen-bond donors (Lipinski definition) is 0. The van der Waals surface area contributed by atoms with Gasteiger partial charge in [-0.25, -0.2) is 4.79 Å². The average molecular weight is 191 g/mol. The second-order valence-corrected chi connectivity index (χ2v) is 2.94. The van der Waals surface area contributed by atoms with Gasteiger partial charge in [0, 0.05) is 6.07 Å². The van der Waals surface area contributed by atoms with E-state index in [1.54, 1.807) is 31.3 Å². The number of fused-ring (bicyclic) bond motifs is 1. The van der Waals surface area contributed by atoms with Gasteiger partial charge in [0.05, 0.1) is 11.6 Å². The van der Waals surface area contributed by atoms with E-state index in [9.17, 15) is 9.90 Å². The molecule has 2 aromatic rings. The van der Waals surface area contributed by atoms with Crippen molar-refractivity contribution in [1.29, 1.82) is 0 Å². The first-order valence-electron chi connectivity index (χ1n) is 4.37. The van der Waals surface area contributed by atoms with Crippen LogP contribution in [0, 0.1) is 0 Å². The normalized spacial score (nSPS) is 10.6. The van der Waals surface area contributed by atoms with E-state index in [-0.39, 0.29) is 17.2 Å². The van der Waals surface area contributed by atoms with Gasteiger partial charge in [0.15, 0.2) is 12.1 Å². The average Bonchev–Trinajstić information content (AvgIpc) is 2.18. The van der Waals surface area contributed by atoms with Gasteiger partial charge >= 0.3 is 11.3 Å². The van der Waals surface area contributed by atoms with Gasteiger partial charge in [-0.1, -0.05) is 6.92 Å². The van der Waals surface area contributed by atoms with E-state index in [0.29, 0.717) is 6.42 Å². The van der Waals surface area contributed by atoms with Gasteiger partial charge < -0.3 is 9.52 Å². The SMILES string of the molecule is CCc1c([O-])[n+]2ccccc2oc1=O. The second-order valence-electron chi connectivity index (χ2n) is 2.94. The molecular weight excluding hydrogens is 182 g/mol. The van der Waals surface area contributed by atoms with E-state index in [1.165, 1.54) is 4.40 Å². The summed E-state index contributed by atoms with van der Waals surface area (Å²) in [6, 6.07) is 5.01. The molecule has 72 valence electrons. The largest absolute Gasteiger partial charge is 0.822 e. The number of aromatic nitrogens is 1. The summed E-state index contributed by atoms with van der Waals surface area (Å²) in [6.07, 6.45) is 1.97. The Hall–Kier alpha value is -1.84. The van der Waals surface area contributed by atoms with Crippen molar-refractivity contribution in [1.82, 2.24) is 0 Å². The molecule has 0 amide bonds. The molecule has 4 heteroatoms. The maximum atomic E-state index is 11.7. The Morgan fingerprint density at radius 1 is 1.50 bits per heavy atom. The molecule has 0 N–H and O–H groups in total. The third kappa shape index (κ3) is 1.16. The Bertz CT molecular complexity index is 530. The molecule has 0 saturated carbocycles. The Kier molecular flexibility index (Phi) is 1.96. The van der Waals surface area contributed by atoms with Crippen LogP contribution in [0.1, 0.15) is 12.5 Å². The summed E-state index contributed by atoms with van der Waals surface area (Å²) in [5.74, 6) is -0.292. The Balaban J connectivity index is 2.93. The lowest BCUT2D eigenvalue weighted by Crippen LogP contribution is -2.32. The molecule has 2 heterocycles. The van der Waals surface area contributed by atoms with Gasteiger partial charge in [0.2, 0.25) is 0 Å². The van der Waals surface area contributed by atoms with Crippen LogP contribution in [0.2, 0.25) is 0 Å². The number of rotatable bonds is 1. The zero-order valence-corrected chi connectivity index (χ0v) is 7.69. The molecule has 0 unspecified atom stereocenters. The molecule has 0 spiro atoms. The lowest BCUT2D eigenvalue weighted by atomic mass is 10.2. The van der Waals surface area contributed by atoms with Gasteiger partial charge in [0.1, 0.15) is 0 Å². The summed E-state index contributed by atoms with van der Waals surface area (Å²) >= 11 is 0. The quantitative estimate of drug-likeness (QED) is 0.597. The maximum absolute atomic E-state index is 11.7. The van der Waals surface area contributed by atoms with Crippen LogP contribution in [-0.2, 0) is 6.42 Å². The van der Waals surface area contributed by atoms with E-state index >= 15 is 0 Å². The van der Waals surface area contributed by atoms with Crippen molar-refractivity contribution in [3.05, 3.63) is 40.4 Å². The zero-order valence-electron chi connectivity index (χ0n) is 7.69. The van der Waals surface area contributed by atoms with Crippen LogP contribution in [0.5, 0.6) is 5.88 Å². The highest BCUT2D eigenvalue weighted by atomic mass is 16.4. The van der Waals surface area contributed by atoms with Crippen molar-refractivity contribution >= 4 is 5.71 Å². The van der Waals surface area contributed by atoms with Crippen LogP contribution in [-0.4, -0.2) is 0 Å². The first-order valence-corrected chi connectivity index (χ1v) is 4.37. The van der Waals surface area contributed by atoms with Gasteiger partial charge in [-0.05, 0) is 12.5 Å². The van der Waals surface area contributed by atoms with Crippen molar-refractivity contribution in [3.63, 3.8) is 0 Å². The first-order chi connectivity index (χ1) is 6.74. The number of hydrogen-bond acceptors (Lipinski definition) is 3. The Labute approximate surface area is 80.1 Å². The highest BCUT2D eigenvalue weighted by Crippen LogP contribution is 2.05. The fourth-order valence-electron chi connectivity index (χ4n) is 1.36. The fraction of sp³-hybridized carbons (Fsp3) is 0.200. The van der Waals surface area contributed by atoms with Crippen LogP contribution >= 0.6 is 0 Å². The molecule has 0 aliphatic heterocycles. The lowest BCUT2D eigenvalue weighted by molar-refractivity contribution is -0.593. The smallest absolute Gasteiger partial charge is 0.380 e. The first kappa shape index (κ1) is 8.74. The molecule has 2 rings (SSSR count). The van der Waals surface area contributed by atoms with Crippen molar-refractivity contribution in [2.24, 2.45) is 0 Å². The molecular formula is C10H9NO3. The Morgan fingerprint density at radius 3 is 3.00 bits per heavy atom. The van der Waals surface area contributed by atoms with E-state index in [2.05, 4.69) is 0 Å². The summed E-state index contributed by atoms with van der Waals surface area (Å²) in [4.78, 5) is 11.3. The van der Waals surface area contributed by atoms with E-state index in [1.807, 2.05) is 0 Å². The molecule has 0 atom stereocenters. The molecule has 0 radical (unpaired) electrons. The van der Waals surface area contributed by atoms with E-state index in [4.69, 9.17) is 4.42 Å². The molecule has 0 aliphatic rings. The highest BCUT2D eigenvalue weighted by molar-refractivity contribution is 5.27. The van der Waals surface area contributed by atoms with Crippen molar-refractivity contribution in [3.8, 4) is 5.88 Å². The number of nitrogens with zero attached hydrogens (tertiary/aromatic N) is 1. The van der Waals surface area contributed by atoms with Crippen LogP contribution in [0.25, 0.3) is 5.71 Å². The second kappa shape index (κ2) is 3.14. The molecule has 0 bridgehead atoms. The maximum Gasteiger partial charge on any atom is 0.380 e. The molecule has 14 heavy (non-hydrogen) atoms. The molecule has 0 fully saturated rings. The van der Waals surface area contributed by atoms with Crippen molar-refractivity contribution < 1.29 is 13.9 Å². The van der Waals surface area contributed by atoms with Crippen molar-refractivity contribution in [2.45, 2.75) is 13.3 Å². The van der Waals surface area contributed by atoms with Gasteiger partial charge in [-0.3, -0.25) is 0 Å². The van der Waals surface area contributed by atoms with Crippen LogP contribution < -0.4 is 15.1 Å². The fourth-order valence-corrected chi connectivity index (χ4v) is 1.36. The van der Waals surface area contributed by atoms with Gasteiger partial charge in [-0.15, -0.1) is 4.40 Å². The van der Waals surface area contributed by atoms with Crippen LogP contribution in [0.15, 0.2) is 33.6 Å². The minimum Gasteiger partial charge on any atom is -0.822 e. The Morgan fingerprint density at radius 2 is 2.29 bits per heavy atom. The standard InChI is InChI=1S/C10H9NO3/c1-2-7-9(12)11-6-4-3-5-8(11)14-10(7)13/h3-6H,2H2,1H3. The third-order valence-corrected chi connectivity index (χ3v) is 2.10. The monoisotopic (exact) mass is 191 g/mol.